The summed E-state index contributed by atoms with van der Waals surface area (Å²) in [5.74, 6) is 0.308. The number of ether oxygens (including phenoxy) is 1. The summed E-state index contributed by atoms with van der Waals surface area (Å²) in [6, 6.07) is 14.2. The molecule has 1 aromatic carbocycles. The smallest absolute Gasteiger partial charge is 0.269 e. The quantitative estimate of drug-likeness (QED) is 0.560. The van der Waals surface area contributed by atoms with Gasteiger partial charge in [0.1, 0.15) is 5.69 Å². The Morgan fingerprint density at radius 1 is 1.13 bits per heavy atom. The minimum atomic E-state index is -0.199. The van der Waals surface area contributed by atoms with Gasteiger partial charge >= 0.3 is 0 Å². The molecule has 1 N–H and O–H groups in total. The number of unbranched alkanes of at least 4 members (excludes halogenated alkanes) is 1. The first-order chi connectivity index (χ1) is 14.7. The van der Waals surface area contributed by atoms with E-state index in [1.54, 1.807) is 25.2 Å². The van der Waals surface area contributed by atoms with E-state index >= 15 is 0 Å². The highest BCUT2D eigenvalue weighted by Crippen LogP contribution is 2.27. The lowest BCUT2D eigenvalue weighted by atomic mass is 10.2. The van der Waals surface area contributed by atoms with Gasteiger partial charge in [-0.2, -0.15) is 0 Å². The molecule has 1 fully saturated rings. The summed E-state index contributed by atoms with van der Waals surface area (Å²) >= 11 is 1.81. The second-order valence-electron chi connectivity index (χ2n) is 7.47. The number of anilines is 1. The van der Waals surface area contributed by atoms with E-state index in [4.69, 9.17) is 4.74 Å². The molecular formula is C23H28N4O2S. The van der Waals surface area contributed by atoms with Gasteiger partial charge in [0.2, 0.25) is 5.88 Å². The molecule has 3 heterocycles. The molecule has 1 saturated heterocycles. The summed E-state index contributed by atoms with van der Waals surface area (Å²) in [6.07, 6.45) is 2.07. The molecule has 1 amide bonds. The van der Waals surface area contributed by atoms with Crippen molar-refractivity contribution in [3.63, 3.8) is 0 Å². The molecule has 6 nitrogen and oxygen atoms in total. The van der Waals surface area contributed by atoms with Crippen LogP contribution in [0.2, 0.25) is 0 Å². The lowest BCUT2D eigenvalue weighted by Gasteiger charge is -2.36. The van der Waals surface area contributed by atoms with Crippen molar-refractivity contribution in [1.29, 1.82) is 0 Å². The van der Waals surface area contributed by atoms with Crippen LogP contribution in [0.4, 0.5) is 5.69 Å². The maximum atomic E-state index is 11.6. The van der Waals surface area contributed by atoms with Crippen molar-refractivity contribution >= 4 is 33.0 Å². The van der Waals surface area contributed by atoms with Crippen LogP contribution in [0.3, 0.4) is 0 Å². The first-order valence-corrected chi connectivity index (χ1v) is 11.4. The van der Waals surface area contributed by atoms with Gasteiger partial charge in [0, 0.05) is 49.7 Å². The monoisotopic (exact) mass is 424 g/mol. The van der Waals surface area contributed by atoms with E-state index in [-0.39, 0.29) is 5.91 Å². The third-order valence-corrected chi connectivity index (χ3v) is 6.36. The number of nitrogens with zero attached hydrogens (tertiary/aromatic N) is 3. The van der Waals surface area contributed by atoms with Crippen LogP contribution in [0.5, 0.6) is 5.88 Å². The van der Waals surface area contributed by atoms with Gasteiger partial charge in [-0.25, -0.2) is 4.98 Å². The van der Waals surface area contributed by atoms with E-state index in [0.717, 1.165) is 45.6 Å². The standard InChI is InChI=1S/C23H28N4O2S/c1-24-23(28)20-5-4-6-22(25-20)29-15-3-2-10-26-11-13-27(14-12-26)19-8-7-18-9-16-30-21(18)17-19/h4-9,16-17H,2-3,10-15H2,1H3,(H,24,28). The Morgan fingerprint density at radius 3 is 2.83 bits per heavy atom. The van der Waals surface area contributed by atoms with Gasteiger partial charge in [0.05, 0.1) is 6.61 Å². The number of piperazine rings is 1. The Hall–Kier alpha value is -2.64. The van der Waals surface area contributed by atoms with Gasteiger partial charge in [-0.3, -0.25) is 9.69 Å². The highest BCUT2D eigenvalue weighted by molar-refractivity contribution is 7.17. The van der Waals surface area contributed by atoms with Crippen molar-refractivity contribution in [2.45, 2.75) is 12.8 Å². The molecule has 1 aliphatic heterocycles. The molecule has 0 unspecified atom stereocenters. The van der Waals surface area contributed by atoms with Crippen LogP contribution in [0.25, 0.3) is 10.1 Å². The average Bonchev–Trinajstić information content (AvgIpc) is 3.27. The summed E-state index contributed by atoms with van der Waals surface area (Å²) in [5.41, 5.74) is 1.72. The topological polar surface area (TPSA) is 57.7 Å². The van der Waals surface area contributed by atoms with E-state index in [2.05, 4.69) is 49.7 Å². The van der Waals surface area contributed by atoms with Crippen LogP contribution >= 0.6 is 11.3 Å². The lowest BCUT2D eigenvalue weighted by Crippen LogP contribution is -2.46. The Kier molecular flexibility index (Phi) is 6.81. The number of pyridine rings is 1. The Morgan fingerprint density at radius 2 is 2.00 bits per heavy atom. The fourth-order valence-electron chi connectivity index (χ4n) is 3.73. The summed E-state index contributed by atoms with van der Waals surface area (Å²) in [4.78, 5) is 20.9. The minimum absolute atomic E-state index is 0.199. The average molecular weight is 425 g/mol. The zero-order valence-corrected chi connectivity index (χ0v) is 18.2. The first kappa shape index (κ1) is 20.6. The minimum Gasteiger partial charge on any atom is -0.478 e. The fraction of sp³-hybridized carbons (Fsp3) is 0.391. The second-order valence-corrected chi connectivity index (χ2v) is 8.41. The number of hydrogen-bond donors (Lipinski definition) is 1. The van der Waals surface area contributed by atoms with Gasteiger partial charge in [0.15, 0.2) is 0 Å². The molecule has 4 rings (SSSR count). The molecule has 7 heteroatoms. The highest BCUT2D eigenvalue weighted by Gasteiger charge is 2.17. The molecule has 0 radical (unpaired) electrons. The SMILES string of the molecule is CNC(=O)c1cccc(OCCCCN2CCN(c3ccc4ccsc4c3)CC2)n1. The largest absolute Gasteiger partial charge is 0.478 e. The summed E-state index contributed by atoms with van der Waals surface area (Å²) in [6.45, 7) is 6.04. The highest BCUT2D eigenvalue weighted by atomic mass is 32.1. The summed E-state index contributed by atoms with van der Waals surface area (Å²) in [5, 5.41) is 6.07. The number of thiophene rings is 1. The molecule has 2 aromatic heterocycles. The van der Waals surface area contributed by atoms with E-state index in [0.29, 0.717) is 18.2 Å². The Balaban J connectivity index is 1.15. The molecule has 0 aliphatic carbocycles. The zero-order valence-electron chi connectivity index (χ0n) is 17.3. The van der Waals surface area contributed by atoms with Crippen molar-refractivity contribution in [1.82, 2.24) is 15.2 Å². The normalized spacial score (nSPS) is 14.8. The molecule has 3 aromatic rings. The van der Waals surface area contributed by atoms with Gasteiger partial charge in [-0.1, -0.05) is 12.1 Å². The van der Waals surface area contributed by atoms with E-state index in [9.17, 15) is 4.79 Å². The molecular weight excluding hydrogens is 396 g/mol. The van der Waals surface area contributed by atoms with Crippen molar-refractivity contribution in [2.24, 2.45) is 0 Å². The van der Waals surface area contributed by atoms with Gasteiger partial charge < -0.3 is 15.0 Å². The molecule has 30 heavy (non-hydrogen) atoms. The summed E-state index contributed by atoms with van der Waals surface area (Å²) < 4.78 is 7.08. The van der Waals surface area contributed by atoms with Crippen molar-refractivity contribution in [2.75, 3.05) is 51.3 Å². The molecule has 0 atom stereocenters. The van der Waals surface area contributed by atoms with E-state index in [1.807, 2.05) is 11.3 Å². The van der Waals surface area contributed by atoms with E-state index < -0.39 is 0 Å². The van der Waals surface area contributed by atoms with Crippen LogP contribution in [-0.2, 0) is 0 Å². The van der Waals surface area contributed by atoms with Gasteiger partial charge in [-0.15, -0.1) is 11.3 Å². The number of nitrogens with one attached hydrogen (secondary N) is 1. The summed E-state index contributed by atoms with van der Waals surface area (Å²) in [7, 11) is 1.60. The molecule has 0 saturated carbocycles. The van der Waals surface area contributed by atoms with Crippen molar-refractivity contribution in [3.05, 3.63) is 53.5 Å². The van der Waals surface area contributed by atoms with E-state index in [1.165, 1.54) is 15.8 Å². The first-order valence-electron chi connectivity index (χ1n) is 10.5. The lowest BCUT2D eigenvalue weighted by molar-refractivity contribution is 0.0957. The van der Waals surface area contributed by atoms with Crippen LogP contribution < -0.4 is 15.0 Å². The third-order valence-electron chi connectivity index (χ3n) is 5.48. The van der Waals surface area contributed by atoms with Crippen molar-refractivity contribution < 1.29 is 9.53 Å². The number of carbonyl (C=O) groups excluding carboxylic acids is 1. The Labute approximate surface area is 181 Å². The Bertz CT molecular complexity index is 982. The number of amides is 1. The molecule has 0 bridgehead atoms. The number of carbonyl (C=O) groups is 1. The predicted octanol–water partition coefficient (Wildman–Crippen LogP) is 3.64. The third kappa shape index (κ3) is 5.09. The number of benzene rings is 1. The van der Waals surface area contributed by atoms with Gasteiger partial charge in [0.25, 0.3) is 5.91 Å². The maximum Gasteiger partial charge on any atom is 0.269 e. The molecule has 1 aliphatic rings. The van der Waals surface area contributed by atoms with Crippen LogP contribution in [0, 0.1) is 0 Å². The second kappa shape index (κ2) is 9.91. The fourth-order valence-corrected chi connectivity index (χ4v) is 4.56. The predicted molar refractivity (Wildman–Crippen MR) is 123 cm³/mol. The molecule has 158 valence electrons. The van der Waals surface area contributed by atoms with Gasteiger partial charge in [-0.05, 0) is 54.4 Å². The number of aromatic nitrogens is 1. The van der Waals surface area contributed by atoms with Crippen molar-refractivity contribution in [3.8, 4) is 5.88 Å². The number of hydrogen-bond acceptors (Lipinski definition) is 6. The number of fused-ring (bicyclic) bond motifs is 1. The van der Waals surface area contributed by atoms with Crippen LogP contribution in [0.1, 0.15) is 23.3 Å². The maximum absolute atomic E-state index is 11.6. The molecule has 0 spiro atoms. The zero-order chi connectivity index (χ0) is 20.8. The van der Waals surface area contributed by atoms with Crippen LogP contribution in [0.15, 0.2) is 47.8 Å². The van der Waals surface area contributed by atoms with Crippen LogP contribution in [-0.4, -0.2) is 62.2 Å². The number of rotatable bonds is 8.